The fourth-order valence-corrected chi connectivity index (χ4v) is 3.32. The number of rotatable bonds is 4. The van der Waals surface area contributed by atoms with Gasteiger partial charge >= 0.3 is 5.97 Å². The summed E-state index contributed by atoms with van der Waals surface area (Å²) >= 11 is 0. The zero-order valence-corrected chi connectivity index (χ0v) is 16.2. The van der Waals surface area contributed by atoms with Gasteiger partial charge in [0.25, 0.3) is 0 Å². The third-order valence-corrected chi connectivity index (χ3v) is 4.86. The summed E-state index contributed by atoms with van der Waals surface area (Å²) in [5.74, 6) is 1.03. The maximum Gasteiger partial charge on any atom is 0.336 e. The van der Waals surface area contributed by atoms with Crippen LogP contribution in [0.5, 0.6) is 17.2 Å². The minimum atomic E-state index is -0.555. The molecule has 31 heavy (non-hydrogen) atoms. The van der Waals surface area contributed by atoms with Crippen LogP contribution in [0.25, 0.3) is 28.2 Å². The van der Waals surface area contributed by atoms with Crippen molar-refractivity contribution in [1.82, 2.24) is 0 Å². The molecule has 0 unspecified atom stereocenters. The zero-order chi connectivity index (χ0) is 21.2. The van der Waals surface area contributed by atoms with Crippen LogP contribution in [0.15, 0.2) is 88.3 Å². The minimum Gasteiger partial charge on any atom is -0.463 e. The van der Waals surface area contributed by atoms with Crippen LogP contribution in [-0.2, 0) is 4.79 Å². The van der Waals surface area contributed by atoms with E-state index in [0.717, 1.165) is 11.1 Å². The van der Waals surface area contributed by atoms with Crippen LogP contribution in [0.4, 0.5) is 0 Å². The van der Waals surface area contributed by atoms with E-state index in [1.54, 1.807) is 30.3 Å². The highest BCUT2D eigenvalue weighted by molar-refractivity contribution is 5.90. The van der Waals surface area contributed by atoms with Gasteiger partial charge in [0.15, 0.2) is 16.9 Å². The van der Waals surface area contributed by atoms with Crippen molar-refractivity contribution in [2.24, 2.45) is 0 Å². The Kier molecular flexibility index (Phi) is 4.72. The summed E-state index contributed by atoms with van der Waals surface area (Å²) in [6.07, 6.45) is 4.36. The Morgan fingerprint density at radius 2 is 1.77 bits per heavy atom. The number of carbonyl (C=O) groups excluding carboxylic acids is 1. The monoisotopic (exact) mass is 412 g/mol. The number of carbonyl (C=O) groups is 1. The standard InChI is InChI=1S/C25H16O6/c26-24(11-7-16-6-10-21-23(12-16)30-15-29-21)31-18-8-9-19-22(13-18)28-14-20(25(19)27)17-4-2-1-3-5-17/h1-14H,15H2/b11-7+. The second-order valence-electron chi connectivity index (χ2n) is 6.87. The van der Waals surface area contributed by atoms with Gasteiger partial charge in [0, 0.05) is 12.1 Å². The van der Waals surface area contributed by atoms with Crippen LogP contribution in [-0.4, -0.2) is 12.8 Å². The van der Waals surface area contributed by atoms with Gasteiger partial charge in [0.05, 0.1) is 10.9 Å². The Morgan fingerprint density at radius 1 is 0.935 bits per heavy atom. The molecule has 0 aliphatic carbocycles. The number of fused-ring (bicyclic) bond motifs is 2. The first-order valence-electron chi connectivity index (χ1n) is 9.58. The van der Waals surface area contributed by atoms with Gasteiger partial charge in [0.1, 0.15) is 17.6 Å². The normalized spacial score (nSPS) is 12.4. The second-order valence-corrected chi connectivity index (χ2v) is 6.87. The van der Waals surface area contributed by atoms with E-state index >= 15 is 0 Å². The molecule has 152 valence electrons. The summed E-state index contributed by atoms with van der Waals surface area (Å²) in [6.45, 7) is 0.190. The second kappa shape index (κ2) is 7.84. The molecule has 0 spiro atoms. The SMILES string of the molecule is O=C(/C=C/c1ccc2c(c1)OCO2)Oc1ccc2c(=O)c(-c3ccccc3)coc2c1. The highest BCUT2D eigenvalue weighted by Gasteiger charge is 2.13. The van der Waals surface area contributed by atoms with Gasteiger partial charge in [-0.1, -0.05) is 36.4 Å². The molecule has 0 atom stereocenters. The van der Waals surface area contributed by atoms with E-state index in [4.69, 9.17) is 18.6 Å². The van der Waals surface area contributed by atoms with E-state index in [9.17, 15) is 9.59 Å². The first-order chi connectivity index (χ1) is 15.2. The van der Waals surface area contributed by atoms with Crippen molar-refractivity contribution in [1.29, 1.82) is 0 Å². The number of hydrogen-bond donors (Lipinski definition) is 0. The largest absolute Gasteiger partial charge is 0.463 e. The molecular weight excluding hydrogens is 396 g/mol. The van der Waals surface area contributed by atoms with Gasteiger partial charge in [-0.05, 0) is 41.5 Å². The van der Waals surface area contributed by atoms with Crippen molar-refractivity contribution in [2.75, 3.05) is 6.79 Å². The topological polar surface area (TPSA) is 75.0 Å². The van der Waals surface area contributed by atoms with Gasteiger partial charge < -0.3 is 18.6 Å². The van der Waals surface area contributed by atoms with Crippen LogP contribution in [0.1, 0.15) is 5.56 Å². The van der Waals surface area contributed by atoms with Crippen molar-refractivity contribution in [3.63, 3.8) is 0 Å². The lowest BCUT2D eigenvalue weighted by atomic mass is 10.1. The fraction of sp³-hybridized carbons (Fsp3) is 0.0400. The first kappa shape index (κ1) is 18.7. The zero-order valence-electron chi connectivity index (χ0n) is 16.2. The summed E-state index contributed by atoms with van der Waals surface area (Å²) in [5.41, 5.74) is 2.23. The lowest BCUT2D eigenvalue weighted by molar-refractivity contribution is -0.128. The summed E-state index contributed by atoms with van der Waals surface area (Å²) in [7, 11) is 0. The summed E-state index contributed by atoms with van der Waals surface area (Å²) in [4.78, 5) is 25.0. The molecule has 1 aliphatic heterocycles. The third-order valence-electron chi connectivity index (χ3n) is 4.86. The van der Waals surface area contributed by atoms with Crippen molar-refractivity contribution < 1.29 is 23.4 Å². The maximum absolute atomic E-state index is 12.8. The van der Waals surface area contributed by atoms with E-state index in [-0.39, 0.29) is 18.0 Å². The average molecular weight is 412 g/mol. The predicted molar refractivity (Wildman–Crippen MR) is 115 cm³/mol. The highest BCUT2D eigenvalue weighted by Crippen LogP contribution is 2.32. The molecule has 3 aromatic carbocycles. The van der Waals surface area contributed by atoms with Crippen LogP contribution < -0.4 is 19.6 Å². The van der Waals surface area contributed by atoms with Gasteiger partial charge in [-0.15, -0.1) is 0 Å². The molecule has 1 aliphatic rings. The lowest BCUT2D eigenvalue weighted by Gasteiger charge is -2.05. The van der Waals surface area contributed by atoms with E-state index in [1.165, 1.54) is 18.4 Å². The Bertz CT molecular complexity index is 1370. The highest BCUT2D eigenvalue weighted by atomic mass is 16.7. The van der Waals surface area contributed by atoms with Gasteiger partial charge in [-0.3, -0.25) is 4.79 Å². The molecule has 1 aromatic heterocycles. The van der Waals surface area contributed by atoms with Crippen LogP contribution >= 0.6 is 0 Å². The number of esters is 1. The molecular formula is C25H16O6. The van der Waals surface area contributed by atoms with Crippen LogP contribution in [0.3, 0.4) is 0 Å². The van der Waals surface area contributed by atoms with E-state index in [1.807, 2.05) is 36.4 Å². The fourth-order valence-electron chi connectivity index (χ4n) is 3.32. The van der Waals surface area contributed by atoms with Crippen LogP contribution in [0.2, 0.25) is 0 Å². The van der Waals surface area contributed by atoms with E-state index in [2.05, 4.69) is 0 Å². The quantitative estimate of drug-likeness (QED) is 0.272. The minimum absolute atomic E-state index is 0.145. The Morgan fingerprint density at radius 3 is 2.65 bits per heavy atom. The van der Waals surface area contributed by atoms with E-state index in [0.29, 0.717) is 28.0 Å². The Labute approximate surface area is 176 Å². The summed E-state index contributed by atoms with van der Waals surface area (Å²) < 4.78 is 21.6. The predicted octanol–water partition coefficient (Wildman–Crippen LogP) is 4.81. The van der Waals surface area contributed by atoms with Crippen molar-refractivity contribution in [3.05, 3.63) is 94.9 Å². The molecule has 6 heteroatoms. The van der Waals surface area contributed by atoms with Gasteiger partial charge in [-0.25, -0.2) is 4.79 Å². The maximum atomic E-state index is 12.8. The van der Waals surface area contributed by atoms with Crippen LogP contribution in [0, 0.1) is 0 Å². The third kappa shape index (κ3) is 3.79. The lowest BCUT2D eigenvalue weighted by Crippen LogP contribution is -2.06. The Hall–Kier alpha value is -4.32. The van der Waals surface area contributed by atoms with Crippen molar-refractivity contribution >= 4 is 23.0 Å². The van der Waals surface area contributed by atoms with E-state index < -0.39 is 5.97 Å². The molecule has 0 fully saturated rings. The van der Waals surface area contributed by atoms with Crippen molar-refractivity contribution in [3.8, 4) is 28.4 Å². The molecule has 5 rings (SSSR count). The Balaban J connectivity index is 1.34. The van der Waals surface area contributed by atoms with Gasteiger partial charge in [0.2, 0.25) is 6.79 Å². The molecule has 0 radical (unpaired) electrons. The van der Waals surface area contributed by atoms with Gasteiger partial charge in [-0.2, -0.15) is 0 Å². The smallest absolute Gasteiger partial charge is 0.336 e. The number of ether oxygens (including phenoxy) is 3. The molecule has 6 nitrogen and oxygen atoms in total. The molecule has 0 amide bonds. The van der Waals surface area contributed by atoms with Crippen molar-refractivity contribution in [2.45, 2.75) is 0 Å². The molecule has 2 heterocycles. The molecule has 0 bridgehead atoms. The first-order valence-corrected chi connectivity index (χ1v) is 9.58. The number of benzene rings is 3. The number of hydrogen-bond acceptors (Lipinski definition) is 6. The molecule has 4 aromatic rings. The summed E-state index contributed by atoms with van der Waals surface area (Å²) in [6, 6.07) is 19.4. The molecule has 0 saturated carbocycles. The molecule has 0 N–H and O–H groups in total. The average Bonchev–Trinajstić information content (AvgIpc) is 3.26. The molecule has 0 saturated heterocycles. The summed E-state index contributed by atoms with van der Waals surface area (Å²) in [5, 5.41) is 0.414.